The van der Waals surface area contributed by atoms with Crippen molar-refractivity contribution in [3.63, 3.8) is 0 Å². The van der Waals surface area contributed by atoms with Gasteiger partial charge in [-0.15, -0.1) is 0 Å². The van der Waals surface area contributed by atoms with E-state index in [0.717, 1.165) is 24.3 Å². The summed E-state index contributed by atoms with van der Waals surface area (Å²) >= 11 is 0. The highest BCUT2D eigenvalue weighted by molar-refractivity contribution is 5.71. The molecule has 0 fully saturated rings. The number of ether oxygens (including phenoxy) is 2. The topological polar surface area (TPSA) is 61.5 Å². The first kappa shape index (κ1) is 13.9. The van der Waals surface area contributed by atoms with E-state index < -0.39 is 5.60 Å². The third-order valence-electron chi connectivity index (χ3n) is 2.95. The van der Waals surface area contributed by atoms with Crippen LogP contribution in [0.2, 0.25) is 0 Å². The first-order valence-electron chi connectivity index (χ1n) is 6.58. The van der Waals surface area contributed by atoms with Gasteiger partial charge in [-0.3, -0.25) is 4.79 Å². The summed E-state index contributed by atoms with van der Waals surface area (Å²) in [7, 11) is 0. The first-order chi connectivity index (χ1) is 8.85. The summed E-state index contributed by atoms with van der Waals surface area (Å²) in [5, 5.41) is 0. The molecule has 4 heteroatoms. The predicted molar refractivity (Wildman–Crippen MR) is 73.0 cm³/mol. The van der Waals surface area contributed by atoms with Crippen LogP contribution in [0.5, 0.6) is 5.75 Å². The second-order valence-corrected chi connectivity index (χ2v) is 5.86. The van der Waals surface area contributed by atoms with E-state index in [1.807, 2.05) is 39.0 Å². The maximum absolute atomic E-state index is 11.7. The molecule has 0 bridgehead atoms. The van der Waals surface area contributed by atoms with E-state index in [4.69, 9.17) is 15.2 Å². The average molecular weight is 263 g/mol. The van der Waals surface area contributed by atoms with E-state index in [0.29, 0.717) is 0 Å². The van der Waals surface area contributed by atoms with Crippen LogP contribution in [0, 0.1) is 0 Å². The molecule has 0 saturated heterocycles. The van der Waals surface area contributed by atoms with E-state index in [2.05, 4.69) is 0 Å². The monoisotopic (exact) mass is 263 g/mol. The molecule has 1 aliphatic rings. The minimum atomic E-state index is -0.474. The van der Waals surface area contributed by atoms with Crippen molar-refractivity contribution in [2.24, 2.45) is 5.73 Å². The lowest BCUT2D eigenvalue weighted by atomic mass is 10.0. The number of hydrogen-bond acceptors (Lipinski definition) is 4. The average Bonchev–Trinajstić information content (AvgIpc) is 2.72. The minimum Gasteiger partial charge on any atom is -0.493 e. The van der Waals surface area contributed by atoms with Crippen molar-refractivity contribution < 1.29 is 14.3 Å². The molecule has 0 radical (unpaired) electrons. The van der Waals surface area contributed by atoms with Crippen LogP contribution >= 0.6 is 0 Å². The number of esters is 1. The van der Waals surface area contributed by atoms with Crippen molar-refractivity contribution in [1.82, 2.24) is 0 Å². The zero-order chi connectivity index (χ0) is 14.0. The number of carbonyl (C=O) groups is 1. The van der Waals surface area contributed by atoms with Crippen molar-refractivity contribution in [2.45, 2.75) is 45.3 Å². The van der Waals surface area contributed by atoms with Gasteiger partial charge < -0.3 is 15.2 Å². The molecule has 0 amide bonds. The molecule has 2 rings (SSSR count). The first-order valence-corrected chi connectivity index (χ1v) is 6.58. The second kappa shape index (κ2) is 5.21. The summed E-state index contributed by atoms with van der Waals surface area (Å²) in [4.78, 5) is 11.7. The highest BCUT2D eigenvalue weighted by Crippen LogP contribution is 2.29. The lowest BCUT2D eigenvalue weighted by Gasteiger charge is -2.21. The summed E-state index contributed by atoms with van der Waals surface area (Å²) in [6, 6.07) is 5.55. The second-order valence-electron chi connectivity index (χ2n) is 5.86. The Hall–Kier alpha value is -1.55. The largest absolute Gasteiger partial charge is 0.493 e. The zero-order valence-corrected chi connectivity index (χ0v) is 11.7. The fourth-order valence-corrected chi connectivity index (χ4v) is 2.09. The molecule has 2 N–H and O–H groups in total. The summed E-state index contributed by atoms with van der Waals surface area (Å²) in [6.45, 7) is 6.26. The smallest absolute Gasteiger partial charge is 0.308 e. The maximum Gasteiger partial charge on any atom is 0.308 e. The Morgan fingerprint density at radius 1 is 1.47 bits per heavy atom. The van der Waals surface area contributed by atoms with E-state index >= 15 is 0 Å². The Bertz CT molecular complexity index is 477. The van der Waals surface area contributed by atoms with Gasteiger partial charge in [0.15, 0.2) is 0 Å². The van der Waals surface area contributed by atoms with Crippen molar-refractivity contribution >= 4 is 5.97 Å². The van der Waals surface area contributed by atoms with E-state index in [9.17, 15) is 4.79 Å². The molecule has 1 unspecified atom stereocenters. The number of rotatable bonds is 3. The van der Waals surface area contributed by atoms with Gasteiger partial charge in [0.2, 0.25) is 0 Å². The zero-order valence-electron chi connectivity index (χ0n) is 11.7. The van der Waals surface area contributed by atoms with Crippen molar-refractivity contribution in [2.75, 3.05) is 6.61 Å². The van der Waals surface area contributed by atoms with Crippen LogP contribution in [0.3, 0.4) is 0 Å². The SMILES string of the molecule is CC(C)(C)OC(=O)CC(N)c1ccc2c(c1)OCC2. The Labute approximate surface area is 113 Å². The summed E-state index contributed by atoms with van der Waals surface area (Å²) in [6.07, 6.45) is 1.12. The van der Waals surface area contributed by atoms with Crippen molar-refractivity contribution in [1.29, 1.82) is 0 Å². The third kappa shape index (κ3) is 3.70. The molecule has 0 saturated carbocycles. The van der Waals surface area contributed by atoms with Gasteiger partial charge in [-0.05, 0) is 38.0 Å². The van der Waals surface area contributed by atoms with Gasteiger partial charge >= 0.3 is 5.97 Å². The van der Waals surface area contributed by atoms with Gasteiger partial charge in [-0.1, -0.05) is 12.1 Å². The summed E-state index contributed by atoms with van der Waals surface area (Å²) in [5.74, 6) is 0.610. The Balaban J connectivity index is 2.00. The van der Waals surface area contributed by atoms with Gasteiger partial charge in [0.1, 0.15) is 11.4 Å². The molecule has 0 spiro atoms. The highest BCUT2D eigenvalue weighted by Gasteiger charge is 2.21. The van der Waals surface area contributed by atoms with Crippen LogP contribution in [-0.2, 0) is 16.0 Å². The van der Waals surface area contributed by atoms with Crippen molar-refractivity contribution in [3.8, 4) is 5.75 Å². The molecule has 1 aromatic carbocycles. The molecule has 104 valence electrons. The molecule has 1 aromatic rings. The molecule has 4 nitrogen and oxygen atoms in total. The van der Waals surface area contributed by atoms with E-state index in [1.54, 1.807) is 0 Å². The number of nitrogens with two attached hydrogens (primary N) is 1. The molecule has 0 aliphatic carbocycles. The number of hydrogen-bond donors (Lipinski definition) is 1. The summed E-state index contributed by atoms with van der Waals surface area (Å²) in [5.41, 5.74) is 7.69. The Morgan fingerprint density at radius 2 is 2.21 bits per heavy atom. The molecular weight excluding hydrogens is 242 g/mol. The van der Waals surface area contributed by atoms with Crippen molar-refractivity contribution in [3.05, 3.63) is 29.3 Å². The van der Waals surface area contributed by atoms with Crippen LogP contribution in [0.4, 0.5) is 0 Å². The van der Waals surface area contributed by atoms with Crippen LogP contribution in [0.1, 0.15) is 44.4 Å². The van der Waals surface area contributed by atoms with Gasteiger partial charge in [-0.25, -0.2) is 0 Å². The normalized spacial score (nSPS) is 15.6. The van der Waals surface area contributed by atoms with E-state index in [-0.39, 0.29) is 18.4 Å². The van der Waals surface area contributed by atoms with Crippen LogP contribution in [0.15, 0.2) is 18.2 Å². The number of fused-ring (bicyclic) bond motifs is 1. The standard InChI is InChI=1S/C15H21NO3/c1-15(2,3)19-14(17)9-12(16)11-5-4-10-6-7-18-13(10)8-11/h4-5,8,12H,6-7,9,16H2,1-3H3. The van der Waals surface area contributed by atoms with Crippen LogP contribution in [-0.4, -0.2) is 18.2 Å². The lowest BCUT2D eigenvalue weighted by Crippen LogP contribution is -2.26. The molecular formula is C15H21NO3. The summed E-state index contributed by atoms with van der Waals surface area (Å²) < 4.78 is 10.8. The molecule has 1 heterocycles. The quantitative estimate of drug-likeness (QED) is 0.850. The van der Waals surface area contributed by atoms with Crippen LogP contribution < -0.4 is 10.5 Å². The fourth-order valence-electron chi connectivity index (χ4n) is 2.09. The van der Waals surface area contributed by atoms with Crippen LogP contribution in [0.25, 0.3) is 0 Å². The number of benzene rings is 1. The molecule has 19 heavy (non-hydrogen) atoms. The minimum absolute atomic E-state index is 0.177. The van der Waals surface area contributed by atoms with Gasteiger partial charge in [0, 0.05) is 12.5 Å². The highest BCUT2D eigenvalue weighted by atomic mass is 16.6. The maximum atomic E-state index is 11.7. The molecule has 1 atom stereocenters. The lowest BCUT2D eigenvalue weighted by molar-refractivity contribution is -0.155. The predicted octanol–water partition coefficient (Wildman–Crippen LogP) is 2.35. The fraction of sp³-hybridized carbons (Fsp3) is 0.533. The van der Waals surface area contributed by atoms with Gasteiger partial charge in [0.05, 0.1) is 13.0 Å². The molecule has 0 aromatic heterocycles. The van der Waals surface area contributed by atoms with Gasteiger partial charge in [0.25, 0.3) is 0 Å². The third-order valence-corrected chi connectivity index (χ3v) is 2.95. The Morgan fingerprint density at radius 3 is 2.89 bits per heavy atom. The Kier molecular flexibility index (Phi) is 3.80. The molecule has 1 aliphatic heterocycles. The number of carbonyl (C=O) groups excluding carboxylic acids is 1. The van der Waals surface area contributed by atoms with Gasteiger partial charge in [-0.2, -0.15) is 0 Å². The van der Waals surface area contributed by atoms with E-state index in [1.165, 1.54) is 5.56 Å².